The van der Waals surface area contributed by atoms with E-state index in [2.05, 4.69) is 0 Å². The van der Waals surface area contributed by atoms with Gasteiger partial charge in [-0.05, 0) is 35.9 Å². The number of benzene rings is 1. The van der Waals surface area contributed by atoms with E-state index in [1.165, 1.54) is 0 Å². The Bertz CT molecular complexity index is 633. The minimum Gasteiger partial charge on any atom is -0.497 e. The van der Waals surface area contributed by atoms with Crippen LogP contribution in [0.15, 0.2) is 41.2 Å². The van der Waals surface area contributed by atoms with Crippen molar-refractivity contribution in [3.63, 3.8) is 0 Å². The molecule has 0 bridgehead atoms. The minimum atomic E-state index is -0.158. The first-order chi connectivity index (χ1) is 9.71. The lowest BCUT2D eigenvalue weighted by molar-refractivity contribution is 0.274. The number of ether oxygens (including phenoxy) is 1. The Morgan fingerprint density at radius 2 is 1.90 bits per heavy atom. The van der Waals surface area contributed by atoms with Gasteiger partial charge in [0.1, 0.15) is 5.75 Å². The molecule has 0 saturated carbocycles. The lowest BCUT2D eigenvalue weighted by Gasteiger charge is -2.13. The zero-order valence-corrected chi connectivity index (χ0v) is 11.4. The van der Waals surface area contributed by atoms with Crippen molar-refractivity contribution >= 4 is 0 Å². The van der Waals surface area contributed by atoms with Crippen molar-refractivity contribution in [3.05, 3.63) is 52.3 Å². The molecule has 5 heteroatoms. The van der Waals surface area contributed by atoms with Crippen molar-refractivity contribution in [1.82, 2.24) is 4.57 Å². The third kappa shape index (κ3) is 2.74. The molecule has 3 N–H and O–H groups in total. The first kappa shape index (κ1) is 14.3. The molecule has 1 heterocycles. The molecule has 1 aromatic carbocycles. The maximum atomic E-state index is 12.3. The van der Waals surface area contributed by atoms with Crippen LogP contribution in [0.4, 0.5) is 0 Å². The molecule has 0 fully saturated rings. The molecule has 2 aromatic rings. The lowest BCUT2D eigenvalue weighted by Crippen LogP contribution is -2.27. The van der Waals surface area contributed by atoms with Crippen molar-refractivity contribution in [3.8, 4) is 17.0 Å². The van der Waals surface area contributed by atoms with E-state index in [4.69, 9.17) is 15.6 Å². The summed E-state index contributed by atoms with van der Waals surface area (Å²) in [7, 11) is 1.60. The quantitative estimate of drug-likeness (QED) is 0.852. The SMILES string of the molecule is COc1ccc(-c2ccc(CN)c(=O)n2CCO)cc1. The molecule has 0 atom stereocenters. The summed E-state index contributed by atoms with van der Waals surface area (Å²) >= 11 is 0. The lowest BCUT2D eigenvalue weighted by atomic mass is 10.1. The summed E-state index contributed by atoms with van der Waals surface area (Å²) in [6.45, 7) is 0.332. The van der Waals surface area contributed by atoms with Crippen molar-refractivity contribution in [2.75, 3.05) is 13.7 Å². The summed E-state index contributed by atoms with van der Waals surface area (Å²) in [6.07, 6.45) is 0. The second kappa shape index (κ2) is 6.36. The summed E-state index contributed by atoms with van der Waals surface area (Å²) in [6, 6.07) is 11.0. The molecule has 0 unspecified atom stereocenters. The first-order valence-electron chi connectivity index (χ1n) is 6.39. The fourth-order valence-corrected chi connectivity index (χ4v) is 2.11. The smallest absolute Gasteiger partial charge is 0.255 e. The van der Waals surface area contributed by atoms with Gasteiger partial charge in [0.25, 0.3) is 5.56 Å². The van der Waals surface area contributed by atoms with Gasteiger partial charge in [0.05, 0.1) is 19.4 Å². The molecule has 0 aliphatic heterocycles. The van der Waals surface area contributed by atoms with Crippen LogP contribution in [0, 0.1) is 0 Å². The van der Waals surface area contributed by atoms with Gasteiger partial charge in [-0.3, -0.25) is 4.79 Å². The van der Waals surface area contributed by atoms with Crippen LogP contribution in [0.25, 0.3) is 11.3 Å². The molecule has 1 aromatic heterocycles. The summed E-state index contributed by atoms with van der Waals surface area (Å²) in [5.74, 6) is 0.753. The number of nitrogens with two attached hydrogens (primary N) is 1. The van der Waals surface area contributed by atoms with Gasteiger partial charge in [0, 0.05) is 18.7 Å². The fourth-order valence-electron chi connectivity index (χ4n) is 2.11. The molecule has 106 valence electrons. The summed E-state index contributed by atoms with van der Waals surface area (Å²) in [5, 5.41) is 9.15. The number of aliphatic hydroxyl groups excluding tert-OH is 1. The average molecular weight is 274 g/mol. The molecule has 0 aliphatic carbocycles. The molecule has 0 saturated heterocycles. The molecular weight excluding hydrogens is 256 g/mol. The Hall–Kier alpha value is -2.11. The largest absolute Gasteiger partial charge is 0.497 e. The molecule has 0 spiro atoms. The highest BCUT2D eigenvalue weighted by Crippen LogP contribution is 2.21. The third-order valence-electron chi connectivity index (χ3n) is 3.18. The highest BCUT2D eigenvalue weighted by Gasteiger charge is 2.09. The van der Waals surface area contributed by atoms with Crippen LogP contribution in [0.2, 0.25) is 0 Å². The highest BCUT2D eigenvalue weighted by atomic mass is 16.5. The van der Waals surface area contributed by atoms with Gasteiger partial charge in [0.15, 0.2) is 0 Å². The van der Waals surface area contributed by atoms with Crippen molar-refractivity contribution in [2.45, 2.75) is 13.1 Å². The van der Waals surface area contributed by atoms with E-state index in [-0.39, 0.29) is 25.3 Å². The van der Waals surface area contributed by atoms with Gasteiger partial charge >= 0.3 is 0 Å². The zero-order chi connectivity index (χ0) is 14.5. The van der Waals surface area contributed by atoms with Crippen LogP contribution in [-0.4, -0.2) is 23.4 Å². The predicted octanol–water partition coefficient (Wildman–Crippen LogP) is 0.975. The number of rotatable bonds is 5. The number of nitrogens with zero attached hydrogens (tertiary/aromatic N) is 1. The van der Waals surface area contributed by atoms with E-state index in [1.807, 2.05) is 30.3 Å². The van der Waals surface area contributed by atoms with E-state index in [0.29, 0.717) is 5.56 Å². The highest BCUT2D eigenvalue weighted by molar-refractivity contribution is 5.61. The van der Waals surface area contributed by atoms with Gasteiger partial charge in [0.2, 0.25) is 0 Å². The van der Waals surface area contributed by atoms with E-state index in [0.717, 1.165) is 17.0 Å². The zero-order valence-electron chi connectivity index (χ0n) is 11.4. The van der Waals surface area contributed by atoms with Crippen LogP contribution in [0.3, 0.4) is 0 Å². The number of hydrogen-bond donors (Lipinski definition) is 2. The number of aromatic nitrogens is 1. The predicted molar refractivity (Wildman–Crippen MR) is 77.7 cm³/mol. The molecule has 0 aliphatic rings. The Balaban J connectivity index is 2.54. The van der Waals surface area contributed by atoms with Gasteiger partial charge in [-0.15, -0.1) is 0 Å². The second-order valence-electron chi connectivity index (χ2n) is 4.36. The van der Waals surface area contributed by atoms with Crippen LogP contribution in [0.1, 0.15) is 5.56 Å². The molecule has 0 radical (unpaired) electrons. The minimum absolute atomic E-state index is 0.100. The van der Waals surface area contributed by atoms with Crippen LogP contribution in [-0.2, 0) is 13.1 Å². The number of methoxy groups -OCH3 is 1. The normalized spacial score (nSPS) is 10.6. The van der Waals surface area contributed by atoms with Gasteiger partial charge in [-0.2, -0.15) is 0 Å². The maximum absolute atomic E-state index is 12.3. The fraction of sp³-hybridized carbons (Fsp3) is 0.267. The second-order valence-corrected chi connectivity index (χ2v) is 4.36. The van der Waals surface area contributed by atoms with Crippen LogP contribution in [0.5, 0.6) is 5.75 Å². The Morgan fingerprint density at radius 3 is 2.45 bits per heavy atom. The number of pyridine rings is 1. The molecule has 20 heavy (non-hydrogen) atoms. The molecule has 0 amide bonds. The standard InChI is InChI=1S/C15H18N2O3/c1-20-13-5-2-11(3-6-13)14-7-4-12(10-16)15(19)17(14)8-9-18/h2-7,18H,8-10,16H2,1H3. The summed E-state index contributed by atoms with van der Waals surface area (Å²) < 4.78 is 6.66. The van der Waals surface area contributed by atoms with Gasteiger partial charge < -0.3 is 20.1 Å². The van der Waals surface area contributed by atoms with Crippen LogP contribution < -0.4 is 16.0 Å². The van der Waals surface area contributed by atoms with Gasteiger partial charge in [-0.25, -0.2) is 0 Å². The Labute approximate surface area is 117 Å². The third-order valence-corrected chi connectivity index (χ3v) is 3.18. The number of aliphatic hydroxyl groups is 1. The van der Waals surface area contributed by atoms with E-state index in [9.17, 15) is 4.79 Å². The van der Waals surface area contributed by atoms with E-state index in [1.54, 1.807) is 17.7 Å². The molecular formula is C15H18N2O3. The summed E-state index contributed by atoms with van der Waals surface area (Å²) in [5.41, 5.74) is 7.57. The first-order valence-corrected chi connectivity index (χ1v) is 6.39. The summed E-state index contributed by atoms with van der Waals surface area (Å²) in [4.78, 5) is 12.3. The van der Waals surface area contributed by atoms with Gasteiger partial charge in [-0.1, -0.05) is 6.07 Å². The van der Waals surface area contributed by atoms with Crippen molar-refractivity contribution < 1.29 is 9.84 Å². The average Bonchev–Trinajstić information content (AvgIpc) is 2.49. The van der Waals surface area contributed by atoms with E-state index < -0.39 is 0 Å². The maximum Gasteiger partial charge on any atom is 0.255 e. The van der Waals surface area contributed by atoms with Crippen molar-refractivity contribution in [2.24, 2.45) is 5.73 Å². The Morgan fingerprint density at radius 1 is 1.20 bits per heavy atom. The van der Waals surface area contributed by atoms with E-state index >= 15 is 0 Å². The monoisotopic (exact) mass is 274 g/mol. The molecule has 5 nitrogen and oxygen atoms in total. The molecule has 2 rings (SSSR count). The Kier molecular flexibility index (Phi) is 4.55. The number of hydrogen-bond acceptors (Lipinski definition) is 4. The van der Waals surface area contributed by atoms with Crippen molar-refractivity contribution in [1.29, 1.82) is 0 Å². The van der Waals surface area contributed by atoms with Crippen LogP contribution >= 0.6 is 0 Å². The topological polar surface area (TPSA) is 77.5 Å².